The number of rotatable bonds is 54. The van der Waals surface area contributed by atoms with E-state index >= 15 is 0 Å². The first-order valence-electron chi connectivity index (χ1n) is 30.6. The number of aliphatic carboxylic acids is 1. The van der Waals surface area contributed by atoms with Gasteiger partial charge in [0.15, 0.2) is 6.10 Å². The first kappa shape index (κ1) is 73.9. The highest BCUT2D eigenvalue weighted by molar-refractivity contribution is 5.71. The Labute approximate surface area is 483 Å². The summed E-state index contributed by atoms with van der Waals surface area (Å²) >= 11 is 0. The van der Waals surface area contributed by atoms with Gasteiger partial charge in [0.1, 0.15) is 13.2 Å². The van der Waals surface area contributed by atoms with Crippen LogP contribution in [0.25, 0.3) is 0 Å². The number of likely N-dealkylation sites (N-methyl/N-ethyl adjacent to an activating group) is 1. The zero-order chi connectivity index (χ0) is 57.6. The van der Waals surface area contributed by atoms with E-state index in [1.165, 1.54) is 44.9 Å². The van der Waals surface area contributed by atoms with Crippen molar-refractivity contribution in [1.29, 1.82) is 0 Å². The smallest absolute Gasteiger partial charge is 0.361 e. The van der Waals surface area contributed by atoms with Crippen LogP contribution in [0.2, 0.25) is 0 Å². The number of nitrogens with zero attached hydrogens (tertiary/aromatic N) is 1. The Morgan fingerprint density at radius 2 is 0.684 bits per heavy atom. The van der Waals surface area contributed by atoms with E-state index < -0.39 is 30.3 Å². The van der Waals surface area contributed by atoms with Crippen molar-refractivity contribution in [1.82, 2.24) is 0 Å². The molecule has 0 aliphatic heterocycles. The van der Waals surface area contributed by atoms with E-state index in [1.54, 1.807) is 0 Å². The molecule has 0 aromatic carbocycles. The molecule has 444 valence electrons. The van der Waals surface area contributed by atoms with Crippen LogP contribution >= 0.6 is 0 Å². The van der Waals surface area contributed by atoms with Crippen LogP contribution in [0.3, 0.4) is 0 Å². The molecule has 0 aliphatic rings. The van der Waals surface area contributed by atoms with Crippen LogP contribution in [0.4, 0.5) is 0 Å². The Hall–Kier alpha value is -5.09. The van der Waals surface area contributed by atoms with Crippen molar-refractivity contribution in [3.05, 3.63) is 158 Å². The lowest BCUT2D eigenvalue weighted by atomic mass is 10.0. The van der Waals surface area contributed by atoms with Gasteiger partial charge in [0.05, 0.1) is 34.4 Å². The SMILES string of the molecule is CC/C=C\C/C=C\C/C=C\C/C=C\C/C=C\C/C=C\C/C=C\CCCCCCCCCCCCCC(=O)OC(COC(=O)CCCC/C=C\C/C=C\C/C=C\C/C=C\C/C=C\C/C=C\CC)COC(OCC[N+](C)(C)C)C(=O)O. The van der Waals surface area contributed by atoms with Crippen LogP contribution in [-0.4, -0.2) is 87.4 Å². The molecule has 79 heavy (non-hydrogen) atoms. The lowest BCUT2D eigenvalue weighted by Gasteiger charge is -2.25. The fourth-order valence-electron chi connectivity index (χ4n) is 7.64. The van der Waals surface area contributed by atoms with Gasteiger partial charge < -0.3 is 28.5 Å². The summed E-state index contributed by atoms with van der Waals surface area (Å²) in [6.07, 6.45) is 84.7. The van der Waals surface area contributed by atoms with Gasteiger partial charge in [-0.2, -0.15) is 0 Å². The minimum atomic E-state index is -1.53. The van der Waals surface area contributed by atoms with Crippen molar-refractivity contribution in [3.63, 3.8) is 0 Å². The Balaban J connectivity index is 4.30. The van der Waals surface area contributed by atoms with Crippen LogP contribution in [0, 0.1) is 0 Å². The molecule has 0 aromatic rings. The van der Waals surface area contributed by atoms with Gasteiger partial charge in [-0.15, -0.1) is 0 Å². The lowest BCUT2D eigenvalue weighted by Crippen LogP contribution is -2.40. The van der Waals surface area contributed by atoms with Crippen molar-refractivity contribution >= 4 is 17.9 Å². The number of hydrogen-bond acceptors (Lipinski definition) is 7. The summed E-state index contributed by atoms with van der Waals surface area (Å²) in [6.45, 7) is 4.57. The van der Waals surface area contributed by atoms with E-state index in [1.807, 2.05) is 21.1 Å². The quantitative estimate of drug-likeness (QED) is 0.0211. The molecule has 2 unspecified atom stereocenters. The molecule has 9 nitrogen and oxygen atoms in total. The summed E-state index contributed by atoms with van der Waals surface area (Å²) in [6, 6.07) is 0. The Bertz CT molecular complexity index is 1850. The van der Waals surface area contributed by atoms with Gasteiger partial charge in [-0.3, -0.25) is 9.59 Å². The molecule has 0 amide bonds. The van der Waals surface area contributed by atoms with Crippen LogP contribution in [0.5, 0.6) is 0 Å². The normalized spacial score (nSPS) is 13.9. The van der Waals surface area contributed by atoms with E-state index in [0.717, 1.165) is 122 Å². The van der Waals surface area contributed by atoms with Crippen LogP contribution in [0.15, 0.2) is 158 Å². The van der Waals surface area contributed by atoms with Crippen molar-refractivity contribution in [3.8, 4) is 0 Å². The molecule has 0 bridgehead atoms. The number of allylic oxidation sites excluding steroid dienone is 26. The summed E-state index contributed by atoms with van der Waals surface area (Å²) in [5, 5.41) is 9.71. The average molecular weight is 1100 g/mol. The monoisotopic (exact) mass is 1090 g/mol. The number of ether oxygens (including phenoxy) is 4. The third-order valence-corrected chi connectivity index (χ3v) is 12.3. The predicted molar refractivity (Wildman–Crippen MR) is 336 cm³/mol. The summed E-state index contributed by atoms with van der Waals surface area (Å²) < 4.78 is 22.8. The number of esters is 2. The van der Waals surface area contributed by atoms with Crippen molar-refractivity contribution in [2.45, 2.75) is 219 Å². The highest BCUT2D eigenvalue weighted by Crippen LogP contribution is 2.14. The number of carbonyl (C=O) groups is 3. The van der Waals surface area contributed by atoms with Crippen LogP contribution < -0.4 is 0 Å². The maximum atomic E-state index is 12.9. The molecule has 2 atom stereocenters. The molecular formula is C70H112NO8+. The van der Waals surface area contributed by atoms with E-state index in [2.05, 4.69) is 172 Å². The Kier molecular flexibility index (Phi) is 55.2. The fraction of sp³-hybridized carbons (Fsp3) is 0.586. The number of unbranched alkanes of at least 4 members (excludes halogenated alkanes) is 13. The van der Waals surface area contributed by atoms with Gasteiger partial charge in [0, 0.05) is 12.8 Å². The molecule has 0 saturated carbocycles. The van der Waals surface area contributed by atoms with E-state index in [-0.39, 0.29) is 32.7 Å². The third kappa shape index (κ3) is 60.4. The summed E-state index contributed by atoms with van der Waals surface area (Å²) in [5.41, 5.74) is 0. The average Bonchev–Trinajstić information content (AvgIpc) is 3.42. The van der Waals surface area contributed by atoms with Gasteiger partial charge in [-0.25, -0.2) is 4.79 Å². The standard InChI is InChI=1S/C70H111NO8/c1-6-8-10-12-14-16-18-20-22-24-26-28-29-30-31-32-33-34-35-36-37-38-39-41-43-45-47-49-51-53-55-57-59-61-68(73)79-66(65-78-70(69(74)75)76-63-62-71(3,4)5)64-77-67(72)60-58-56-54-52-50-48-46-44-42-40-27-25-23-21-19-17-15-13-11-9-7-2/h8-11,14-17,20-23,26-28,30-31,33-34,36-37,40,44,46,50,52,66,70H,6-7,12-13,18-19,24-25,29,32,35,38-39,41-43,45,47-49,51,53-65H2,1-5H3/p+1/b10-8-,11-9-,16-14-,17-15-,22-20-,23-21-,28-26-,31-30-,34-33-,37-36-,40-27-,46-44-,52-50-. The van der Waals surface area contributed by atoms with E-state index in [0.29, 0.717) is 23.9 Å². The van der Waals surface area contributed by atoms with Crippen molar-refractivity contribution in [2.75, 3.05) is 47.5 Å². The van der Waals surface area contributed by atoms with Crippen LogP contribution in [0.1, 0.15) is 206 Å². The molecule has 0 aliphatic carbocycles. The largest absolute Gasteiger partial charge is 0.477 e. The first-order valence-corrected chi connectivity index (χ1v) is 30.6. The number of carboxylic acids is 1. The third-order valence-electron chi connectivity index (χ3n) is 12.3. The fourth-order valence-corrected chi connectivity index (χ4v) is 7.64. The summed E-state index contributed by atoms with van der Waals surface area (Å²) in [7, 11) is 5.94. The van der Waals surface area contributed by atoms with Crippen LogP contribution in [-0.2, 0) is 33.3 Å². The molecule has 0 rings (SSSR count). The lowest BCUT2D eigenvalue weighted by molar-refractivity contribution is -0.870. The molecule has 0 saturated heterocycles. The molecule has 1 N–H and O–H groups in total. The second-order valence-electron chi connectivity index (χ2n) is 20.9. The van der Waals surface area contributed by atoms with Gasteiger partial charge >= 0.3 is 17.9 Å². The number of hydrogen-bond donors (Lipinski definition) is 1. The zero-order valence-corrected chi connectivity index (χ0v) is 50.5. The Morgan fingerprint density at radius 3 is 1.04 bits per heavy atom. The molecule has 9 heteroatoms. The molecule has 0 fully saturated rings. The van der Waals surface area contributed by atoms with Gasteiger partial charge in [-0.1, -0.05) is 230 Å². The summed E-state index contributed by atoms with van der Waals surface area (Å²) in [5.74, 6) is -2.09. The highest BCUT2D eigenvalue weighted by atomic mass is 16.7. The molecule has 0 heterocycles. The van der Waals surface area contributed by atoms with Crippen molar-refractivity contribution in [2.24, 2.45) is 0 Å². The highest BCUT2D eigenvalue weighted by Gasteiger charge is 2.25. The second kappa shape index (κ2) is 59.0. The van der Waals surface area contributed by atoms with Gasteiger partial charge in [0.2, 0.25) is 0 Å². The van der Waals surface area contributed by atoms with Gasteiger partial charge in [-0.05, 0) is 122 Å². The number of carbonyl (C=O) groups excluding carboxylic acids is 2. The number of carboxylic acid groups (broad SMARTS) is 1. The number of quaternary nitrogens is 1. The topological polar surface area (TPSA) is 108 Å². The first-order chi connectivity index (χ1) is 38.6. The van der Waals surface area contributed by atoms with Gasteiger partial charge in [0.25, 0.3) is 6.29 Å². The maximum Gasteiger partial charge on any atom is 0.361 e. The predicted octanol–water partition coefficient (Wildman–Crippen LogP) is 18.6. The van der Waals surface area contributed by atoms with E-state index in [9.17, 15) is 19.5 Å². The molecular weight excluding hydrogens is 983 g/mol. The second-order valence-corrected chi connectivity index (χ2v) is 20.9. The summed E-state index contributed by atoms with van der Waals surface area (Å²) in [4.78, 5) is 37.5. The zero-order valence-electron chi connectivity index (χ0n) is 50.5. The molecule has 0 aromatic heterocycles. The van der Waals surface area contributed by atoms with E-state index in [4.69, 9.17) is 18.9 Å². The minimum absolute atomic E-state index is 0.171. The maximum absolute atomic E-state index is 12.9. The Morgan fingerprint density at radius 1 is 0.380 bits per heavy atom. The van der Waals surface area contributed by atoms with Crippen molar-refractivity contribution < 1.29 is 42.9 Å². The molecule has 0 spiro atoms. The molecule has 0 radical (unpaired) electrons. The minimum Gasteiger partial charge on any atom is -0.477 e.